The van der Waals surface area contributed by atoms with Crippen molar-refractivity contribution in [2.75, 3.05) is 0 Å². The number of carbonyl (C=O) groups is 5. The Morgan fingerprint density at radius 1 is 0.633 bits per heavy atom. The van der Waals surface area contributed by atoms with Gasteiger partial charge in [0.1, 0.15) is 0 Å². The van der Waals surface area contributed by atoms with Crippen LogP contribution in [0.15, 0.2) is 0 Å². The van der Waals surface area contributed by atoms with Gasteiger partial charge in [0.25, 0.3) is 0 Å². The van der Waals surface area contributed by atoms with Gasteiger partial charge in [0, 0.05) is 36.4 Å². The molecule has 0 aromatic carbocycles. The van der Waals surface area contributed by atoms with E-state index in [2.05, 4.69) is 16.0 Å². The van der Waals surface area contributed by atoms with E-state index in [4.69, 9.17) is 10.2 Å². The normalized spacial score (nSPS) is 13.7. The third-order valence-corrected chi connectivity index (χ3v) is 4.23. The summed E-state index contributed by atoms with van der Waals surface area (Å²) in [6.07, 6.45) is -0.394. The van der Waals surface area contributed by atoms with Crippen LogP contribution in [0, 0.1) is 0 Å². The molecule has 0 aromatic rings. The van der Waals surface area contributed by atoms with Gasteiger partial charge in [-0.25, -0.2) is 0 Å². The molecule has 10 heteroatoms. The molecule has 0 saturated carbocycles. The van der Waals surface area contributed by atoms with Crippen molar-refractivity contribution in [3.05, 3.63) is 0 Å². The Balaban J connectivity index is 5.45. The van der Waals surface area contributed by atoms with Crippen molar-refractivity contribution >= 4 is 29.7 Å². The van der Waals surface area contributed by atoms with E-state index in [0.29, 0.717) is 6.42 Å². The number of nitrogens with one attached hydrogen (secondary N) is 3. The second-order valence-electron chi connectivity index (χ2n) is 9.25. The van der Waals surface area contributed by atoms with Crippen molar-refractivity contribution in [1.82, 2.24) is 16.0 Å². The third kappa shape index (κ3) is 12.7. The number of aliphatic carboxylic acids is 2. The molecule has 0 spiro atoms. The van der Waals surface area contributed by atoms with E-state index in [1.807, 2.05) is 0 Å². The zero-order chi connectivity index (χ0) is 23.8. The van der Waals surface area contributed by atoms with Gasteiger partial charge in [-0.05, 0) is 47.5 Å². The average Bonchev–Trinajstić information content (AvgIpc) is 2.47. The number of rotatable bonds is 13. The number of amides is 3. The Bertz CT molecular complexity index is 673. The zero-order valence-corrected chi connectivity index (χ0v) is 18.7. The van der Waals surface area contributed by atoms with Gasteiger partial charge in [0.2, 0.25) is 17.7 Å². The molecule has 1 unspecified atom stereocenters. The number of carboxylic acid groups (broad SMARTS) is 2. The first-order valence-electron chi connectivity index (χ1n) is 9.80. The van der Waals surface area contributed by atoms with Gasteiger partial charge in [-0.2, -0.15) is 0 Å². The summed E-state index contributed by atoms with van der Waals surface area (Å²) in [5.74, 6) is -3.28. The van der Waals surface area contributed by atoms with Crippen LogP contribution in [0.2, 0.25) is 0 Å². The van der Waals surface area contributed by atoms with E-state index in [-0.39, 0.29) is 38.0 Å². The second-order valence-corrected chi connectivity index (χ2v) is 9.25. The number of carboxylic acids is 2. The molecule has 0 saturated heterocycles. The fourth-order valence-corrected chi connectivity index (χ4v) is 3.95. The smallest absolute Gasteiger partial charge is 0.303 e. The maximum atomic E-state index is 12.3. The Hall–Kier alpha value is -2.65. The lowest BCUT2D eigenvalue weighted by molar-refractivity contribution is -0.139. The largest absolute Gasteiger partial charge is 0.481 e. The third-order valence-electron chi connectivity index (χ3n) is 4.23. The predicted octanol–water partition coefficient (Wildman–Crippen LogP) is 1.18. The number of hydrogen-bond donors (Lipinski definition) is 5. The first-order valence-corrected chi connectivity index (χ1v) is 9.80. The lowest BCUT2D eigenvalue weighted by Gasteiger charge is -2.43. The fraction of sp³-hybridized carbons (Fsp3) is 0.750. The summed E-state index contributed by atoms with van der Waals surface area (Å²) in [5, 5.41) is 26.0. The molecule has 10 nitrogen and oxygen atoms in total. The Kier molecular flexibility index (Phi) is 9.97. The van der Waals surface area contributed by atoms with Gasteiger partial charge < -0.3 is 26.2 Å². The first-order chi connectivity index (χ1) is 13.5. The van der Waals surface area contributed by atoms with Crippen LogP contribution in [-0.2, 0) is 24.0 Å². The minimum absolute atomic E-state index is 0.169. The van der Waals surface area contributed by atoms with Crippen LogP contribution >= 0.6 is 0 Å². The molecule has 0 fully saturated rings. The lowest BCUT2D eigenvalue weighted by Crippen LogP contribution is -2.59. The molecule has 0 radical (unpaired) electrons. The summed E-state index contributed by atoms with van der Waals surface area (Å²) < 4.78 is 0. The van der Waals surface area contributed by atoms with Crippen LogP contribution < -0.4 is 16.0 Å². The molecule has 0 heterocycles. The highest BCUT2D eigenvalue weighted by atomic mass is 16.4. The summed E-state index contributed by atoms with van der Waals surface area (Å²) in [7, 11) is 0. The van der Waals surface area contributed by atoms with Crippen LogP contribution in [0.1, 0.15) is 80.1 Å². The molecule has 172 valence electrons. The van der Waals surface area contributed by atoms with E-state index >= 15 is 0 Å². The Morgan fingerprint density at radius 3 is 1.37 bits per heavy atom. The van der Waals surface area contributed by atoms with Crippen molar-refractivity contribution < 1.29 is 34.2 Å². The van der Waals surface area contributed by atoms with Crippen LogP contribution in [0.5, 0.6) is 0 Å². The van der Waals surface area contributed by atoms with Crippen LogP contribution in [-0.4, -0.2) is 56.5 Å². The highest BCUT2D eigenvalue weighted by Crippen LogP contribution is 2.29. The summed E-state index contributed by atoms with van der Waals surface area (Å²) in [6, 6.07) is 0. The minimum Gasteiger partial charge on any atom is -0.481 e. The molecule has 1 atom stereocenters. The highest BCUT2D eigenvalue weighted by molar-refractivity contribution is 5.82. The average molecular weight is 430 g/mol. The minimum atomic E-state index is -1.09. The second kappa shape index (κ2) is 10.9. The van der Waals surface area contributed by atoms with E-state index in [1.54, 1.807) is 34.6 Å². The maximum absolute atomic E-state index is 12.3. The van der Waals surface area contributed by atoms with Gasteiger partial charge in [0.05, 0.1) is 12.8 Å². The van der Waals surface area contributed by atoms with Crippen LogP contribution in [0.3, 0.4) is 0 Å². The maximum Gasteiger partial charge on any atom is 0.303 e. The Labute approximate surface area is 177 Å². The van der Waals surface area contributed by atoms with Crippen molar-refractivity contribution in [3.63, 3.8) is 0 Å². The van der Waals surface area contributed by atoms with E-state index in [1.165, 1.54) is 6.92 Å². The molecular weight excluding hydrogens is 394 g/mol. The van der Waals surface area contributed by atoms with Gasteiger partial charge >= 0.3 is 11.9 Å². The molecule has 0 rings (SSSR count). The summed E-state index contributed by atoms with van der Waals surface area (Å²) in [5.41, 5.74) is -2.40. The number of carbonyl (C=O) groups excluding carboxylic acids is 3. The number of hydrogen-bond acceptors (Lipinski definition) is 5. The van der Waals surface area contributed by atoms with E-state index < -0.39 is 40.4 Å². The van der Waals surface area contributed by atoms with Crippen molar-refractivity contribution in [2.45, 2.75) is 96.7 Å². The van der Waals surface area contributed by atoms with Crippen molar-refractivity contribution in [3.8, 4) is 0 Å². The standard InChI is InChI=1S/C20H35N3O7/c1-13(24)21-18(2,3)11-20(6,23-15(26)8-10-17(29)30)12-19(4,5)22-14(25)7-9-16(27)28/h7-12H2,1-6H3,(H,21,24)(H,22,25)(H,23,26)(H,27,28)(H,29,30). The van der Waals surface area contributed by atoms with Crippen molar-refractivity contribution in [1.29, 1.82) is 0 Å². The van der Waals surface area contributed by atoms with E-state index in [0.717, 1.165) is 0 Å². The molecule has 30 heavy (non-hydrogen) atoms. The van der Waals surface area contributed by atoms with Crippen molar-refractivity contribution in [2.24, 2.45) is 0 Å². The van der Waals surface area contributed by atoms with Crippen LogP contribution in [0.25, 0.3) is 0 Å². The molecule has 5 N–H and O–H groups in total. The molecule has 0 aliphatic carbocycles. The summed E-state index contributed by atoms with van der Waals surface area (Å²) in [4.78, 5) is 57.4. The van der Waals surface area contributed by atoms with Gasteiger partial charge in [-0.1, -0.05) is 0 Å². The summed E-state index contributed by atoms with van der Waals surface area (Å²) >= 11 is 0. The highest BCUT2D eigenvalue weighted by Gasteiger charge is 2.39. The molecule has 0 aromatic heterocycles. The van der Waals surface area contributed by atoms with Crippen LogP contribution in [0.4, 0.5) is 0 Å². The fourth-order valence-electron chi connectivity index (χ4n) is 3.95. The quantitative estimate of drug-likeness (QED) is 0.293. The summed E-state index contributed by atoms with van der Waals surface area (Å²) in [6.45, 7) is 10.2. The molecule has 0 aliphatic heterocycles. The predicted molar refractivity (Wildman–Crippen MR) is 110 cm³/mol. The molecule has 0 aliphatic rings. The lowest BCUT2D eigenvalue weighted by atomic mass is 9.77. The monoisotopic (exact) mass is 429 g/mol. The molecular formula is C20H35N3O7. The molecule has 3 amide bonds. The first kappa shape index (κ1) is 27.4. The van der Waals surface area contributed by atoms with Gasteiger partial charge in [0.15, 0.2) is 0 Å². The Morgan fingerprint density at radius 2 is 1.00 bits per heavy atom. The van der Waals surface area contributed by atoms with Gasteiger partial charge in [-0.3, -0.25) is 24.0 Å². The molecule has 0 bridgehead atoms. The SMILES string of the molecule is CC(=O)NC(C)(C)CC(C)(CC(C)(C)NC(=O)CCC(=O)O)NC(=O)CCC(=O)O. The van der Waals surface area contributed by atoms with Gasteiger partial charge in [-0.15, -0.1) is 0 Å². The zero-order valence-electron chi connectivity index (χ0n) is 18.7. The topological polar surface area (TPSA) is 162 Å². The van der Waals surface area contributed by atoms with E-state index in [9.17, 15) is 24.0 Å².